The van der Waals surface area contributed by atoms with Gasteiger partial charge in [0.25, 0.3) is 0 Å². The molecule has 1 rings (SSSR count). The third-order valence-corrected chi connectivity index (χ3v) is 3.96. The highest BCUT2D eigenvalue weighted by Gasteiger charge is 2.13. The quantitative estimate of drug-likeness (QED) is 0.702. The first-order valence-corrected chi connectivity index (χ1v) is 7.77. The maximum absolute atomic E-state index is 11.8. The topological polar surface area (TPSA) is 107 Å². The molecule has 0 atom stereocenters. The van der Waals surface area contributed by atoms with E-state index in [1.165, 1.54) is 0 Å². The zero-order valence-corrected chi connectivity index (χ0v) is 11.7. The SMILES string of the molecule is N#Cc1ccccc1CS(=O)(=O)NCCCCC(=O)O. The molecule has 0 fully saturated rings. The Labute approximate surface area is 118 Å². The van der Waals surface area contributed by atoms with Crippen LogP contribution in [0.25, 0.3) is 0 Å². The van der Waals surface area contributed by atoms with Gasteiger partial charge in [-0.15, -0.1) is 0 Å². The number of carboxylic acid groups (broad SMARTS) is 1. The van der Waals surface area contributed by atoms with Gasteiger partial charge in [0.05, 0.1) is 17.4 Å². The van der Waals surface area contributed by atoms with Crippen molar-refractivity contribution in [2.45, 2.75) is 25.0 Å². The van der Waals surface area contributed by atoms with Crippen molar-refractivity contribution in [2.75, 3.05) is 6.54 Å². The third-order valence-electron chi connectivity index (χ3n) is 2.62. The van der Waals surface area contributed by atoms with Gasteiger partial charge in [0.15, 0.2) is 0 Å². The molecule has 0 saturated heterocycles. The Hall–Kier alpha value is -1.91. The summed E-state index contributed by atoms with van der Waals surface area (Å²) >= 11 is 0. The number of nitrogens with zero attached hydrogens (tertiary/aromatic N) is 1. The molecule has 0 bridgehead atoms. The van der Waals surface area contributed by atoms with Crippen molar-refractivity contribution in [1.82, 2.24) is 4.72 Å². The highest BCUT2D eigenvalue weighted by Crippen LogP contribution is 2.10. The minimum absolute atomic E-state index is 0.0268. The Morgan fingerprint density at radius 3 is 2.65 bits per heavy atom. The fourth-order valence-corrected chi connectivity index (χ4v) is 2.86. The number of benzene rings is 1. The maximum atomic E-state index is 11.8. The van der Waals surface area contributed by atoms with Gasteiger partial charge in [-0.3, -0.25) is 4.79 Å². The molecule has 0 amide bonds. The lowest BCUT2D eigenvalue weighted by Gasteiger charge is -2.07. The number of nitrogens with one attached hydrogen (secondary N) is 1. The van der Waals surface area contributed by atoms with E-state index in [0.717, 1.165) is 0 Å². The van der Waals surface area contributed by atoms with Gasteiger partial charge in [-0.2, -0.15) is 5.26 Å². The number of unbranched alkanes of at least 4 members (excludes halogenated alkanes) is 1. The van der Waals surface area contributed by atoms with E-state index < -0.39 is 16.0 Å². The van der Waals surface area contributed by atoms with E-state index in [9.17, 15) is 13.2 Å². The smallest absolute Gasteiger partial charge is 0.303 e. The molecule has 1 aromatic rings. The normalized spacial score (nSPS) is 10.9. The number of carboxylic acids is 1. The Morgan fingerprint density at radius 1 is 1.30 bits per heavy atom. The second kappa shape index (κ2) is 7.62. The number of aliphatic carboxylic acids is 1. The number of carbonyl (C=O) groups is 1. The molecule has 0 unspecified atom stereocenters. The molecule has 0 spiro atoms. The van der Waals surface area contributed by atoms with Crippen LogP contribution >= 0.6 is 0 Å². The lowest BCUT2D eigenvalue weighted by molar-refractivity contribution is -0.137. The summed E-state index contributed by atoms with van der Waals surface area (Å²) in [6.07, 6.45) is 0.914. The number of nitriles is 1. The lowest BCUT2D eigenvalue weighted by Crippen LogP contribution is -2.26. The second-order valence-electron chi connectivity index (χ2n) is 4.27. The number of hydrogen-bond donors (Lipinski definition) is 2. The van der Waals surface area contributed by atoms with E-state index >= 15 is 0 Å². The molecule has 2 N–H and O–H groups in total. The fourth-order valence-electron chi connectivity index (χ4n) is 1.64. The van der Waals surface area contributed by atoms with Crippen molar-refractivity contribution in [1.29, 1.82) is 5.26 Å². The zero-order chi connectivity index (χ0) is 15.0. The van der Waals surface area contributed by atoms with Gasteiger partial charge < -0.3 is 5.11 Å². The van der Waals surface area contributed by atoms with Crippen LogP contribution in [0.1, 0.15) is 30.4 Å². The molecule has 108 valence electrons. The van der Waals surface area contributed by atoms with Crippen LogP contribution in [-0.2, 0) is 20.6 Å². The van der Waals surface area contributed by atoms with Gasteiger partial charge in [0, 0.05) is 13.0 Å². The third kappa shape index (κ3) is 5.82. The molecular weight excluding hydrogens is 280 g/mol. The zero-order valence-electron chi connectivity index (χ0n) is 10.9. The summed E-state index contributed by atoms with van der Waals surface area (Å²) in [5.74, 6) is -1.15. The monoisotopic (exact) mass is 296 g/mol. The van der Waals surface area contributed by atoms with E-state index in [4.69, 9.17) is 10.4 Å². The number of hydrogen-bond acceptors (Lipinski definition) is 4. The van der Waals surface area contributed by atoms with Crippen LogP contribution in [0, 0.1) is 11.3 Å². The summed E-state index contributed by atoms with van der Waals surface area (Å²) in [4.78, 5) is 10.3. The van der Waals surface area contributed by atoms with Crippen LogP contribution in [0.5, 0.6) is 0 Å². The first kappa shape index (κ1) is 16.1. The average Bonchev–Trinajstić information content (AvgIpc) is 2.38. The highest BCUT2D eigenvalue weighted by molar-refractivity contribution is 7.88. The van der Waals surface area contributed by atoms with Gasteiger partial charge in [-0.1, -0.05) is 18.2 Å². The highest BCUT2D eigenvalue weighted by atomic mass is 32.2. The first-order valence-electron chi connectivity index (χ1n) is 6.12. The Bertz CT molecular complexity index is 605. The predicted molar refractivity (Wildman–Crippen MR) is 73.3 cm³/mol. The van der Waals surface area contributed by atoms with Crippen molar-refractivity contribution in [3.05, 3.63) is 35.4 Å². The molecule has 0 saturated carbocycles. The Morgan fingerprint density at radius 2 is 2.00 bits per heavy atom. The molecular formula is C13H16N2O4S. The van der Waals surface area contributed by atoms with E-state index in [0.29, 0.717) is 24.0 Å². The summed E-state index contributed by atoms with van der Waals surface area (Å²) in [5.41, 5.74) is 0.789. The van der Waals surface area contributed by atoms with E-state index in [1.54, 1.807) is 24.3 Å². The molecule has 7 heteroatoms. The molecule has 0 heterocycles. The Balaban J connectivity index is 2.50. The summed E-state index contributed by atoms with van der Waals surface area (Å²) < 4.78 is 26.1. The number of sulfonamides is 1. The van der Waals surface area contributed by atoms with Gasteiger partial charge in [0.2, 0.25) is 10.0 Å². The van der Waals surface area contributed by atoms with Crippen molar-refractivity contribution in [3.63, 3.8) is 0 Å². The molecule has 0 aliphatic heterocycles. The summed E-state index contributed by atoms with van der Waals surface area (Å²) in [5, 5.41) is 17.3. The van der Waals surface area contributed by atoms with Crippen molar-refractivity contribution < 1.29 is 18.3 Å². The van der Waals surface area contributed by atoms with Crippen LogP contribution in [0.2, 0.25) is 0 Å². The molecule has 20 heavy (non-hydrogen) atoms. The van der Waals surface area contributed by atoms with Crippen LogP contribution in [0.15, 0.2) is 24.3 Å². The van der Waals surface area contributed by atoms with E-state index in [1.807, 2.05) is 6.07 Å². The second-order valence-corrected chi connectivity index (χ2v) is 6.08. The summed E-state index contributed by atoms with van der Waals surface area (Å²) in [7, 11) is -3.52. The average molecular weight is 296 g/mol. The van der Waals surface area contributed by atoms with Crippen molar-refractivity contribution in [3.8, 4) is 6.07 Å². The molecule has 0 aromatic heterocycles. The van der Waals surface area contributed by atoms with Crippen molar-refractivity contribution >= 4 is 16.0 Å². The van der Waals surface area contributed by atoms with Crippen LogP contribution in [0.3, 0.4) is 0 Å². The molecule has 0 aliphatic rings. The summed E-state index contributed by atoms with van der Waals surface area (Å²) in [6.45, 7) is 0.199. The van der Waals surface area contributed by atoms with Gasteiger partial charge in [0.1, 0.15) is 0 Å². The van der Waals surface area contributed by atoms with E-state index in [2.05, 4.69) is 4.72 Å². The standard InChI is InChI=1S/C13H16N2O4S/c14-9-11-5-1-2-6-12(11)10-20(18,19)15-8-4-3-7-13(16)17/h1-2,5-6,15H,3-4,7-8,10H2,(H,16,17). The lowest BCUT2D eigenvalue weighted by atomic mass is 10.1. The summed E-state index contributed by atoms with van der Waals surface area (Å²) in [6, 6.07) is 8.47. The van der Waals surface area contributed by atoms with Gasteiger partial charge >= 0.3 is 5.97 Å². The maximum Gasteiger partial charge on any atom is 0.303 e. The molecule has 6 nitrogen and oxygen atoms in total. The molecule has 0 radical (unpaired) electrons. The minimum Gasteiger partial charge on any atom is -0.481 e. The predicted octanol–water partition coefficient (Wildman–Crippen LogP) is 1.23. The minimum atomic E-state index is -3.52. The molecule has 0 aliphatic carbocycles. The van der Waals surface area contributed by atoms with Crippen LogP contribution < -0.4 is 4.72 Å². The largest absolute Gasteiger partial charge is 0.481 e. The van der Waals surface area contributed by atoms with E-state index in [-0.39, 0.29) is 18.7 Å². The van der Waals surface area contributed by atoms with Gasteiger partial charge in [-0.05, 0) is 24.5 Å². The number of rotatable bonds is 8. The van der Waals surface area contributed by atoms with Gasteiger partial charge in [-0.25, -0.2) is 13.1 Å². The molecule has 1 aromatic carbocycles. The fraction of sp³-hybridized carbons (Fsp3) is 0.385. The van der Waals surface area contributed by atoms with Crippen LogP contribution in [0.4, 0.5) is 0 Å². The first-order chi connectivity index (χ1) is 9.44. The van der Waals surface area contributed by atoms with Crippen LogP contribution in [-0.4, -0.2) is 26.0 Å². The van der Waals surface area contributed by atoms with Crippen molar-refractivity contribution in [2.24, 2.45) is 0 Å². The Kier molecular flexibility index (Phi) is 6.15.